The molecule has 0 spiro atoms. The number of rotatable bonds is 0. The summed E-state index contributed by atoms with van der Waals surface area (Å²) in [5, 5.41) is 0. The molecule has 1 heterocycles. The van der Waals surface area contributed by atoms with Crippen LogP contribution in [-0.4, -0.2) is 4.98 Å². The third-order valence-corrected chi connectivity index (χ3v) is 0.852. The summed E-state index contributed by atoms with van der Waals surface area (Å²) in [5.74, 6) is -1.47. The topological polar surface area (TPSA) is 38.9 Å². The fourth-order valence-electron chi connectivity index (χ4n) is 0.427. The van der Waals surface area contributed by atoms with E-state index in [1.165, 1.54) is 0 Å². The molecule has 1 aromatic rings. The maximum atomic E-state index is 12.1. The van der Waals surface area contributed by atoms with Crippen LogP contribution in [0.5, 0.6) is 0 Å². The molecule has 0 atom stereocenters. The van der Waals surface area contributed by atoms with E-state index in [0.717, 1.165) is 12.3 Å². The molecular weight excluding hydrogens is 126 g/mol. The van der Waals surface area contributed by atoms with E-state index in [0.29, 0.717) is 0 Å². The number of halogens is 2. The zero-order valence-corrected chi connectivity index (χ0v) is 4.44. The summed E-state index contributed by atoms with van der Waals surface area (Å²) >= 11 is 0. The molecule has 1 rings (SSSR count). The molecular formula is C5H4F2N2. The van der Waals surface area contributed by atoms with Gasteiger partial charge in [-0.2, -0.15) is 4.39 Å². The van der Waals surface area contributed by atoms with Gasteiger partial charge in [-0.1, -0.05) is 0 Å². The van der Waals surface area contributed by atoms with Crippen molar-refractivity contribution in [2.24, 2.45) is 0 Å². The Labute approximate surface area is 50.3 Å². The van der Waals surface area contributed by atoms with Gasteiger partial charge in [-0.3, -0.25) is 0 Å². The molecule has 4 heteroatoms. The van der Waals surface area contributed by atoms with E-state index in [1.807, 2.05) is 0 Å². The van der Waals surface area contributed by atoms with E-state index >= 15 is 0 Å². The molecule has 0 amide bonds. The largest absolute Gasteiger partial charge is 0.396 e. The normalized spacial score (nSPS) is 9.56. The average molecular weight is 130 g/mol. The quantitative estimate of drug-likeness (QED) is 0.531. The Hall–Kier alpha value is -1.19. The van der Waals surface area contributed by atoms with Crippen LogP contribution in [0.1, 0.15) is 0 Å². The van der Waals surface area contributed by atoms with Gasteiger partial charge >= 0.3 is 0 Å². The molecule has 0 saturated carbocycles. The third kappa shape index (κ3) is 1.13. The van der Waals surface area contributed by atoms with Gasteiger partial charge in [0.05, 0.1) is 11.9 Å². The second kappa shape index (κ2) is 1.97. The first-order chi connectivity index (χ1) is 4.20. The van der Waals surface area contributed by atoms with Gasteiger partial charge in [0, 0.05) is 6.07 Å². The van der Waals surface area contributed by atoms with Crippen molar-refractivity contribution in [3.8, 4) is 0 Å². The molecule has 2 nitrogen and oxygen atoms in total. The molecule has 0 aliphatic carbocycles. The van der Waals surface area contributed by atoms with Gasteiger partial charge in [0.25, 0.3) is 0 Å². The Morgan fingerprint density at radius 2 is 2.11 bits per heavy atom. The number of aromatic nitrogens is 1. The van der Waals surface area contributed by atoms with Crippen LogP contribution in [0.25, 0.3) is 0 Å². The Bertz CT molecular complexity index is 224. The van der Waals surface area contributed by atoms with Gasteiger partial charge in [0.15, 0.2) is 5.82 Å². The Balaban J connectivity index is 3.17. The maximum absolute atomic E-state index is 12.1. The van der Waals surface area contributed by atoms with Crippen LogP contribution < -0.4 is 5.73 Å². The summed E-state index contributed by atoms with van der Waals surface area (Å²) in [6, 6.07) is 0.829. The van der Waals surface area contributed by atoms with Gasteiger partial charge in [-0.15, -0.1) is 0 Å². The standard InChI is InChI=1S/C5H4F2N2/c6-3-2-9-5(7)1-4(3)8/h1-2H,(H2,8,9). The van der Waals surface area contributed by atoms with E-state index < -0.39 is 11.8 Å². The Morgan fingerprint density at radius 3 is 2.56 bits per heavy atom. The first-order valence-electron chi connectivity index (χ1n) is 2.26. The molecule has 0 aliphatic heterocycles. The van der Waals surface area contributed by atoms with Crippen molar-refractivity contribution in [2.75, 3.05) is 5.73 Å². The third-order valence-electron chi connectivity index (χ3n) is 0.852. The zero-order valence-electron chi connectivity index (χ0n) is 4.44. The first-order valence-corrected chi connectivity index (χ1v) is 2.26. The predicted molar refractivity (Wildman–Crippen MR) is 28.6 cm³/mol. The minimum absolute atomic E-state index is 0.220. The number of pyridine rings is 1. The summed E-state index contributed by atoms with van der Waals surface area (Å²) in [4.78, 5) is 3.02. The zero-order chi connectivity index (χ0) is 6.85. The molecule has 0 unspecified atom stereocenters. The second-order valence-corrected chi connectivity index (χ2v) is 1.53. The van der Waals surface area contributed by atoms with Crippen LogP contribution in [0.3, 0.4) is 0 Å². The highest BCUT2D eigenvalue weighted by Gasteiger charge is 1.97. The fraction of sp³-hybridized carbons (Fsp3) is 0. The Kier molecular flexibility index (Phi) is 1.30. The van der Waals surface area contributed by atoms with Gasteiger partial charge in [-0.05, 0) is 0 Å². The molecule has 2 N–H and O–H groups in total. The highest BCUT2D eigenvalue weighted by Crippen LogP contribution is 2.06. The van der Waals surface area contributed by atoms with Crippen molar-refractivity contribution in [3.05, 3.63) is 24.0 Å². The number of hydrogen-bond donors (Lipinski definition) is 1. The van der Waals surface area contributed by atoms with E-state index in [9.17, 15) is 8.78 Å². The van der Waals surface area contributed by atoms with Crippen LogP contribution >= 0.6 is 0 Å². The van der Waals surface area contributed by atoms with Crippen molar-refractivity contribution < 1.29 is 8.78 Å². The number of nitrogens with two attached hydrogens (primary N) is 1. The van der Waals surface area contributed by atoms with E-state index in [4.69, 9.17) is 5.73 Å². The van der Waals surface area contributed by atoms with Crippen molar-refractivity contribution in [1.29, 1.82) is 0 Å². The lowest BCUT2D eigenvalue weighted by molar-refractivity contribution is 0.563. The molecule has 0 aliphatic rings. The average Bonchev–Trinajstić information content (AvgIpc) is 1.80. The summed E-state index contributed by atoms with van der Waals surface area (Å²) in [5.41, 5.74) is 4.75. The minimum atomic E-state index is -0.770. The highest BCUT2D eigenvalue weighted by molar-refractivity contribution is 5.36. The van der Waals surface area contributed by atoms with E-state index in [2.05, 4.69) is 4.98 Å². The van der Waals surface area contributed by atoms with Crippen LogP contribution in [0, 0.1) is 11.8 Å². The Morgan fingerprint density at radius 1 is 1.44 bits per heavy atom. The molecule has 48 valence electrons. The smallest absolute Gasteiger partial charge is 0.215 e. The van der Waals surface area contributed by atoms with Gasteiger partial charge in [0.2, 0.25) is 5.95 Å². The lowest BCUT2D eigenvalue weighted by Crippen LogP contribution is -1.93. The SMILES string of the molecule is Nc1cc(F)ncc1F. The summed E-state index contributed by atoms with van der Waals surface area (Å²) in [6.45, 7) is 0. The predicted octanol–water partition coefficient (Wildman–Crippen LogP) is 0.942. The molecule has 0 saturated heterocycles. The van der Waals surface area contributed by atoms with Crippen molar-refractivity contribution >= 4 is 5.69 Å². The molecule has 0 radical (unpaired) electrons. The van der Waals surface area contributed by atoms with Crippen LogP contribution in [-0.2, 0) is 0 Å². The van der Waals surface area contributed by atoms with Crippen LogP contribution in [0.4, 0.5) is 14.5 Å². The second-order valence-electron chi connectivity index (χ2n) is 1.53. The number of hydrogen-bond acceptors (Lipinski definition) is 2. The summed E-state index contributed by atoms with van der Waals surface area (Å²) in [7, 11) is 0. The number of nitrogen functional groups attached to an aromatic ring is 1. The van der Waals surface area contributed by atoms with E-state index in [-0.39, 0.29) is 5.69 Å². The monoisotopic (exact) mass is 130 g/mol. The number of nitrogens with zero attached hydrogens (tertiary/aromatic N) is 1. The lowest BCUT2D eigenvalue weighted by Gasteiger charge is -1.91. The molecule has 0 fully saturated rings. The lowest BCUT2D eigenvalue weighted by atomic mass is 10.4. The minimum Gasteiger partial charge on any atom is -0.396 e. The van der Waals surface area contributed by atoms with Gasteiger partial charge in [-0.25, -0.2) is 9.37 Å². The molecule has 1 aromatic heterocycles. The first kappa shape index (κ1) is 5.94. The van der Waals surface area contributed by atoms with Gasteiger partial charge < -0.3 is 5.73 Å². The molecule has 0 bridgehead atoms. The van der Waals surface area contributed by atoms with Crippen molar-refractivity contribution in [1.82, 2.24) is 4.98 Å². The fourth-order valence-corrected chi connectivity index (χ4v) is 0.427. The molecule has 9 heavy (non-hydrogen) atoms. The summed E-state index contributed by atoms with van der Waals surface area (Å²) in [6.07, 6.45) is 0.741. The van der Waals surface area contributed by atoms with Crippen molar-refractivity contribution in [3.63, 3.8) is 0 Å². The van der Waals surface area contributed by atoms with E-state index in [1.54, 1.807) is 0 Å². The number of anilines is 1. The summed E-state index contributed by atoms with van der Waals surface area (Å²) < 4.78 is 24.1. The molecule has 0 aromatic carbocycles. The van der Waals surface area contributed by atoms with Gasteiger partial charge in [0.1, 0.15) is 0 Å². The van der Waals surface area contributed by atoms with Crippen molar-refractivity contribution in [2.45, 2.75) is 0 Å². The highest BCUT2D eigenvalue weighted by atomic mass is 19.1. The van der Waals surface area contributed by atoms with Crippen LogP contribution in [0.15, 0.2) is 12.3 Å². The maximum Gasteiger partial charge on any atom is 0.215 e. The van der Waals surface area contributed by atoms with Crippen LogP contribution in [0.2, 0.25) is 0 Å².